The number of hydrogen-bond donors (Lipinski definition) is 1. The highest BCUT2D eigenvalue weighted by Crippen LogP contribution is 2.27. The summed E-state index contributed by atoms with van der Waals surface area (Å²) in [4.78, 5) is 14.4. The lowest BCUT2D eigenvalue weighted by Gasteiger charge is -2.18. The largest absolute Gasteiger partial charge is 0.338 e. The van der Waals surface area contributed by atoms with Crippen molar-refractivity contribution in [3.63, 3.8) is 0 Å². The molecule has 0 bridgehead atoms. The second-order valence-electron chi connectivity index (χ2n) is 5.20. The number of nitrogens with zero attached hydrogens (tertiary/aromatic N) is 1. The molecule has 2 aliphatic rings. The van der Waals surface area contributed by atoms with Crippen molar-refractivity contribution >= 4 is 5.91 Å². The normalized spacial score (nSPS) is 27.2. The maximum Gasteiger partial charge on any atom is 0.254 e. The van der Waals surface area contributed by atoms with Gasteiger partial charge in [0.2, 0.25) is 0 Å². The van der Waals surface area contributed by atoms with Crippen LogP contribution in [0.25, 0.3) is 0 Å². The molecular weight excluding hydrogens is 212 g/mol. The van der Waals surface area contributed by atoms with Gasteiger partial charge in [0.05, 0.1) is 0 Å². The summed E-state index contributed by atoms with van der Waals surface area (Å²) in [6, 6.07) is 7.86. The van der Waals surface area contributed by atoms with E-state index in [9.17, 15) is 4.79 Å². The standard InChI is InChI=1S/C14H18N2O/c1-10-4-2-3-5-13(10)14(17)16-8-11-6-15-7-12(11)9-16/h2-5,11-12,15H,6-9H2,1H3/t11-,12+. The van der Waals surface area contributed by atoms with Gasteiger partial charge in [-0.15, -0.1) is 0 Å². The molecule has 2 heterocycles. The first-order valence-electron chi connectivity index (χ1n) is 6.31. The molecule has 0 aromatic heterocycles. The van der Waals surface area contributed by atoms with Crippen molar-refractivity contribution in [2.45, 2.75) is 6.92 Å². The highest BCUT2D eigenvalue weighted by atomic mass is 16.2. The maximum atomic E-state index is 12.4. The van der Waals surface area contributed by atoms with E-state index in [0.29, 0.717) is 11.8 Å². The molecular formula is C14H18N2O. The second kappa shape index (κ2) is 4.15. The number of amides is 1. The van der Waals surface area contributed by atoms with Crippen LogP contribution >= 0.6 is 0 Å². The molecule has 3 rings (SSSR count). The zero-order valence-corrected chi connectivity index (χ0v) is 10.1. The van der Waals surface area contributed by atoms with Crippen molar-refractivity contribution < 1.29 is 4.79 Å². The minimum atomic E-state index is 0.206. The summed E-state index contributed by atoms with van der Waals surface area (Å²) in [5.74, 6) is 1.54. The van der Waals surface area contributed by atoms with Gasteiger partial charge in [0.1, 0.15) is 0 Å². The fourth-order valence-electron chi connectivity index (χ4n) is 3.00. The van der Waals surface area contributed by atoms with Crippen molar-refractivity contribution in [1.82, 2.24) is 10.2 Å². The highest BCUT2D eigenvalue weighted by molar-refractivity contribution is 5.95. The predicted molar refractivity (Wildman–Crippen MR) is 66.9 cm³/mol. The second-order valence-corrected chi connectivity index (χ2v) is 5.20. The molecule has 0 spiro atoms. The fourth-order valence-corrected chi connectivity index (χ4v) is 3.00. The minimum Gasteiger partial charge on any atom is -0.338 e. The summed E-state index contributed by atoms with van der Waals surface area (Å²) >= 11 is 0. The molecule has 1 N–H and O–H groups in total. The number of carbonyl (C=O) groups excluding carboxylic acids is 1. The first kappa shape index (κ1) is 10.8. The van der Waals surface area contributed by atoms with Crippen LogP contribution in [0.1, 0.15) is 15.9 Å². The molecule has 2 saturated heterocycles. The van der Waals surface area contributed by atoms with Crippen LogP contribution in [0.5, 0.6) is 0 Å². The van der Waals surface area contributed by atoms with Crippen LogP contribution in [0.15, 0.2) is 24.3 Å². The van der Waals surface area contributed by atoms with E-state index in [1.807, 2.05) is 36.1 Å². The number of benzene rings is 1. The number of aryl methyl sites for hydroxylation is 1. The molecule has 0 radical (unpaired) electrons. The molecule has 2 fully saturated rings. The van der Waals surface area contributed by atoms with Crippen LogP contribution in [0.4, 0.5) is 0 Å². The summed E-state index contributed by atoms with van der Waals surface area (Å²) in [6.45, 7) is 5.99. The SMILES string of the molecule is Cc1ccccc1C(=O)N1C[C@H]2CNC[C@H]2C1. The third-order valence-corrected chi connectivity index (χ3v) is 4.05. The lowest BCUT2D eigenvalue weighted by atomic mass is 10.0. The van der Waals surface area contributed by atoms with Crippen LogP contribution in [0.2, 0.25) is 0 Å². The van der Waals surface area contributed by atoms with E-state index in [0.717, 1.165) is 37.3 Å². The lowest BCUT2D eigenvalue weighted by Crippen LogP contribution is -2.32. The molecule has 3 nitrogen and oxygen atoms in total. The van der Waals surface area contributed by atoms with Crippen molar-refractivity contribution in [1.29, 1.82) is 0 Å². The van der Waals surface area contributed by atoms with Gasteiger partial charge in [0, 0.05) is 31.7 Å². The molecule has 0 unspecified atom stereocenters. The van der Waals surface area contributed by atoms with E-state index in [1.165, 1.54) is 0 Å². The van der Waals surface area contributed by atoms with Crippen molar-refractivity contribution in [3.8, 4) is 0 Å². The maximum absolute atomic E-state index is 12.4. The average Bonchev–Trinajstić information content (AvgIpc) is 2.88. The Labute approximate surface area is 102 Å². The Morgan fingerprint density at radius 2 is 1.88 bits per heavy atom. The fraction of sp³-hybridized carbons (Fsp3) is 0.500. The Morgan fingerprint density at radius 3 is 2.53 bits per heavy atom. The van der Waals surface area contributed by atoms with Gasteiger partial charge in [-0.25, -0.2) is 0 Å². The first-order valence-corrected chi connectivity index (χ1v) is 6.31. The van der Waals surface area contributed by atoms with Gasteiger partial charge in [-0.05, 0) is 30.4 Å². The topological polar surface area (TPSA) is 32.3 Å². The predicted octanol–water partition coefficient (Wildman–Crippen LogP) is 1.29. The van der Waals surface area contributed by atoms with Crippen LogP contribution < -0.4 is 5.32 Å². The van der Waals surface area contributed by atoms with E-state index in [1.54, 1.807) is 0 Å². The monoisotopic (exact) mass is 230 g/mol. The van der Waals surface area contributed by atoms with Gasteiger partial charge in [0.25, 0.3) is 5.91 Å². The molecule has 1 amide bonds. The molecule has 1 aromatic rings. The Hall–Kier alpha value is -1.35. The van der Waals surface area contributed by atoms with Gasteiger partial charge in [-0.2, -0.15) is 0 Å². The zero-order valence-electron chi connectivity index (χ0n) is 10.1. The highest BCUT2D eigenvalue weighted by Gasteiger charge is 2.38. The molecule has 2 aliphatic heterocycles. The van der Waals surface area contributed by atoms with Gasteiger partial charge in [-0.1, -0.05) is 18.2 Å². The molecule has 1 aromatic carbocycles. The van der Waals surface area contributed by atoms with Gasteiger partial charge < -0.3 is 10.2 Å². The zero-order chi connectivity index (χ0) is 11.8. The Balaban J connectivity index is 1.78. The summed E-state index contributed by atoms with van der Waals surface area (Å²) in [5, 5.41) is 3.40. The lowest BCUT2D eigenvalue weighted by molar-refractivity contribution is 0.0781. The van der Waals surface area contributed by atoms with Gasteiger partial charge in [0.15, 0.2) is 0 Å². The summed E-state index contributed by atoms with van der Waals surface area (Å²) in [5.41, 5.74) is 1.94. The quantitative estimate of drug-likeness (QED) is 0.788. The number of nitrogens with one attached hydrogen (secondary N) is 1. The van der Waals surface area contributed by atoms with E-state index in [-0.39, 0.29) is 5.91 Å². The summed E-state index contributed by atoms with van der Waals surface area (Å²) in [7, 11) is 0. The number of likely N-dealkylation sites (tertiary alicyclic amines) is 1. The third kappa shape index (κ3) is 1.84. The van der Waals surface area contributed by atoms with Crippen molar-refractivity contribution in [3.05, 3.63) is 35.4 Å². The van der Waals surface area contributed by atoms with E-state index in [4.69, 9.17) is 0 Å². The Bertz CT molecular complexity index is 432. The van der Waals surface area contributed by atoms with Crippen LogP contribution in [-0.2, 0) is 0 Å². The van der Waals surface area contributed by atoms with Crippen LogP contribution in [-0.4, -0.2) is 37.0 Å². The first-order chi connectivity index (χ1) is 8.25. The Morgan fingerprint density at radius 1 is 1.24 bits per heavy atom. The van der Waals surface area contributed by atoms with Gasteiger partial charge >= 0.3 is 0 Å². The average molecular weight is 230 g/mol. The minimum absolute atomic E-state index is 0.206. The Kier molecular flexibility index (Phi) is 2.63. The van der Waals surface area contributed by atoms with E-state index < -0.39 is 0 Å². The molecule has 0 saturated carbocycles. The van der Waals surface area contributed by atoms with Crippen LogP contribution in [0, 0.1) is 18.8 Å². The molecule has 17 heavy (non-hydrogen) atoms. The van der Waals surface area contributed by atoms with Crippen molar-refractivity contribution in [2.24, 2.45) is 11.8 Å². The molecule has 90 valence electrons. The molecule has 2 atom stereocenters. The van der Waals surface area contributed by atoms with E-state index >= 15 is 0 Å². The number of rotatable bonds is 1. The number of hydrogen-bond acceptors (Lipinski definition) is 2. The van der Waals surface area contributed by atoms with E-state index in [2.05, 4.69) is 5.32 Å². The van der Waals surface area contributed by atoms with Gasteiger partial charge in [-0.3, -0.25) is 4.79 Å². The molecule has 3 heteroatoms. The number of carbonyl (C=O) groups is 1. The summed E-state index contributed by atoms with van der Waals surface area (Å²) < 4.78 is 0. The van der Waals surface area contributed by atoms with Crippen molar-refractivity contribution in [2.75, 3.05) is 26.2 Å². The van der Waals surface area contributed by atoms with Crippen LogP contribution in [0.3, 0.4) is 0 Å². The summed E-state index contributed by atoms with van der Waals surface area (Å²) in [6.07, 6.45) is 0. The molecule has 0 aliphatic carbocycles. The third-order valence-electron chi connectivity index (χ3n) is 4.05. The smallest absolute Gasteiger partial charge is 0.254 e. The number of fused-ring (bicyclic) bond motifs is 1.